The van der Waals surface area contributed by atoms with Gasteiger partial charge in [-0.1, -0.05) is 30.3 Å². The van der Waals surface area contributed by atoms with Crippen molar-refractivity contribution in [2.24, 2.45) is 0 Å². The predicted octanol–water partition coefficient (Wildman–Crippen LogP) is 6.38. The van der Waals surface area contributed by atoms with Gasteiger partial charge >= 0.3 is 12.1 Å². The smallest absolute Gasteiger partial charge is 0.410 e. The van der Waals surface area contributed by atoms with Crippen molar-refractivity contribution in [2.75, 3.05) is 13.6 Å². The predicted molar refractivity (Wildman–Crippen MR) is 147 cm³/mol. The van der Waals surface area contributed by atoms with Gasteiger partial charge < -0.3 is 24.1 Å². The second-order valence-corrected chi connectivity index (χ2v) is 10.8. The average molecular weight is 603 g/mol. The number of amides is 1. The number of H-pyrrole nitrogens is 1. The Hall–Kier alpha value is -3.66. The molecule has 10 heteroatoms. The lowest BCUT2D eigenvalue weighted by Gasteiger charge is -2.30. The van der Waals surface area contributed by atoms with Gasteiger partial charge in [0.1, 0.15) is 17.5 Å². The summed E-state index contributed by atoms with van der Waals surface area (Å²) in [5.74, 6) is -1.58. The molecule has 3 aromatic rings. The number of rotatable bonds is 10. The van der Waals surface area contributed by atoms with Crippen LogP contribution in [0.15, 0.2) is 65.3 Å². The zero-order valence-corrected chi connectivity index (χ0v) is 24.0. The molecule has 0 radical (unpaired) electrons. The largest absolute Gasteiger partial charge is 0.459 e. The van der Waals surface area contributed by atoms with E-state index in [1.54, 1.807) is 39.1 Å². The van der Waals surface area contributed by atoms with Gasteiger partial charge in [0.15, 0.2) is 6.10 Å². The fourth-order valence-corrected chi connectivity index (χ4v) is 4.78. The van der Waals surface area contributed by atoms with Crippen LogP contribution in [0.1, 0.15) is 50.8 Å². The first-order valence-electron chi connectivity index (χ1n) is 12.3. The molecule has 0 saturated heterocycles. The maximum atomic E-state index is 13.5. The van der Waals surface area contributed by atoms with Gasteiger partial charge in [0.05, 0.1) is 5.69 Å². The average Bonchev–Trinajstić information content (AvgIpc) is 3.26. The van der Waals surface area contributed by atoms with Crippen molar-refractivity contribution < 1.29 is 33.0 Å². The molecule has 0 aliphatic rings. The Labute approximate surface area is 235 Å². The summed E-state index contributed by atoms with van der Waals surface area (Å²) in [6.45, 7) is 7.05. The van der Waals surface area contributed by atoms with Gasteiger partial charge in [0, 0.05) is 30.2 Å². The molecule has 208 valence electrons. The summed E-state index contributed by atoms with van der Waals surface area (Å²) in [5, 5.41) is 0. The number of hydrogen-bond acceptors (Lipinski definition) is 6. The molecule has 1 aromatic heterocycles. The van der Waals surface area contributed by atoms with Crippen LogP contribution in [0.4, 0.5) is 9.18 Å². The topological polar surface area (TPSA) is 97.9 Å². The number of esters is 1. The van der Waals surface area contributed by atoms with Crippen LogP contribution in [0.3, 0.4) is 0 Å². The molecule has 0 bridgehead atoms. The Morgan fingerprint density at radius 1 is 1.10 bits per heavy atom. The van der Waals surface area contributed by atoms with Gasteiger partial charge in [-0.25, -0.2) is 14.0 Å². The minimum atomic E-state index is -1.13. The summed E-state index contributed by atoms with van der Waals surface area (Å²) >= 11 is 3.65. The van der Waals surface area contributed by atoms with E-state index in [0.717, 1.165) is 11.1 Å². The maximum absolute atomic E-state index is 13.5. The zero-order chi connectivity index (χ0) is 28.7. The molecular formula is C29H32BrFN2O6. The highest BCUT2D eigenvalue weighted by Crippen LogP contribution is 2.41. The molecule has 0 aliphatic heterocycles. The van der Waals surface area contributed by atoms with Gasteiger partial charge in [-0.15, -0.1) is 0 Å². The molecule has 8 nitrogen and oxygen atoms in total. The first kappa shape index (κ1) is 29.9. The van der Waals surface area contributed by atoms with Gasteiger partial charge in [-0.3, -0.25) is 4.79 Å². The molecule has 0 spiro atoms. The van der Waals surface area contributed by atoms with Crippen LogP contribution in [-0.2, 0) is 23.8 Å². The Balaban J connectivity index is 1.93. The molecule has 0 saturated carbocycles. The number of nitrogens with zero attached hydrogens (tertiary/aromatic N) is 1. The Morgan fingerprint density at radius 2 is 1.74 bits per heavy atom. The number of carbonyl (C=O) groups excluding carboxylic acids is 3. The van der Waals surface area contributed by atoms with Gasteiger partial charge in [-0.2, -0.15) is 0 Å². The van der Waals surface area contributed by atoms with Crippen molar-refractivity contribution in [1.29, 1.82) is 0 Å². The third-order valence-electron chi connectivity index (χ3n) is 5.87. The summed E-state index contributed by atoms with van der Waals surface area (Å²) in [5.41, 5.74) is 2.13. The molecule has 3 atom stereocenters. The van der Waals surface area contributed by atoms with Gasteiger partial charge in [0.2, 0.25) is 0 Å². The molecule has 1 N–H and O–H groups in total. The van der Waals surface area contributed by atoms with Crippen molar-refractivity contribution in [2.45, 2.75) is 51.4 Å². The van der Waals surface area contributed by atoms with Crippen LogP contribution >= 0.6 is 15.9 Å². The number of aromatic amines is 1. The second-order valence-electron chi connectivity index (χ2n) is 10.0. The van der Waals surface area contributed by atoms with E-state index in [0.29, 0.717) is 22.2 Å². The fourth-order valence-electron chi connectivity index (χ4n) is 4.03. The molecule has 0 aliphatic carbocycles. The third kappa shape index (κ3) is 7.92. The number of aromatic nitrogens is 1. The number of carbonyl (C=O) groups is 3. The van der Waals surface area contributed by atoms with E-state index in [4.69, 9.17) is 14.2 Å². The number of ether oxygens (including phenoxy) is 3. The molecule has 39 heavy (non-hydrogen) atoms. The quantitative estimate of drug-likeness (QED) is 0.164. The monoisotopic (exact) mass is 602 g/mol. The molecule has 0 fully saturated rings. The third-order valence-corrected chi connectivity index (χ3v) is 6.73. The van der Waals surface area contributed by atoms with Crippen LogP contribution in [0, 0.1) is 5.82 Å². The molecule has 1 heterocycles. The minimum absolute atomic E-state index is 0.0621. The van der Waals surface area contributed by atoms with E-state index >= 15 is 0 Å². The summed E-state index contributed by atoms with van der Waals surface area (Å²) in [6, 6.07) is 15.1. The number of hydrogen-bond donors (Lipinski definition) is 1. The normalized spacial score (nSPS) is 13.6. The summed E-state index contributed by atoms with van der Waals surface area (Å²) in [4.78, 5) is 41.4. The van der Waals surface area contributed by atoms with E-state index in [9.17, 15) is 18.8 Å². The van der Waals surface area contributed by atoms with Crippen molar-refractivity contribution in [3.63, 3.8) is 0 Å². The first-order valence-corrected chi connectivity index (χ1v) is 13.1. The van der Waals surface area contributed by atoms with E-state index in [1.165, 1.54) is 31.0 Å². The van der Waals surface area contributed by atoms with E-state index in [2.05, 4.69) is 20.9 Å². The SMILES string of the molecule is CC(OC(=O)N(C)CC(c1c[nH]c(-c2ccc(F)cc2)c1Br)C(OC=O)c1ccccc1)C(=O)OC(C)(C)C. The molecule has 3 unspecified atom stereocenters. The van der Waals surface area contributed by atoms with Crippen LogP contribution in [0.5, 0.6) is 0 Å². The standard InChI is InChI=1S/C29H32BrFN2O6/c1-18(27(35)39-29(2,3)4)38-28(36)33(5)16-23(26(37-17-34)20-9-7-6-8-10-20)22-15-32-25(24(22)30)19-11-13-21(31)14-12-19/h6-15,17-18,23,26,32H,16H2,1-5H3. The van der Waals surface area contributed by atoms with E-state index < -0.39 is 35.8 Å². The highest BCUT2D eigenvalue weighted by atomic mass is 79.9. The summed E-state index contributed by atoms with van der Waals surface area (Å²) < 4.78 is 30.4. The van der Waals surface area contributed by atoms with Crippen molar-refractivity contribution >= 4 is 34.5 Å². The van der Waals surface area contributed by atoms with Gasteiger partial charge in [0.25, 0.3) is 6.47 Å². The number of halogens is 2. The highest BCUT2D eigenvalue weighted by Gasteiger charge is 2.33. The Bertz CT molecular complexity index is 1270. The van der Waals surface area contributed by atoms with E-state index in [-0.39, 0.29) is 12.4 Å². The fraction of sp³-hybridized carbons (Fsp3) is 0.345. The highest BCUT2D eigenvalue weighted by molar-refractivity contribution is 9.10. The Kier molecular flexibility index (Phi) is 9.91. The van der Waals surface area contributed by atoms with Crippen LogP contribution in [0.2, 0.25) is 0 Å². The lowest BCUT2D eigenvalue weighted by Crippen LogP contribution is -2.39. The summed E-state index contributed by atoms with van der Waals surface area (Å²) in [6.07, 6.45) is -0.894. The maximum Gasteiger partial charge on any atom is 0.410 e. The van der Waals surface area contributed by atoms with Crippen molar-refractivity contribution in [1.82, 2.24) is 9.88 Å². The molecule has 2 aromatic carbocycles. The lowest BCUT2D eigenvalue weighted by molar-refractivity contribution is -0.164. The lowest BCUT2D eigenvalue weighted by atomic mass is 9.89. The minimum Gasteiger partial charge on any atom is -0.459 e. The first-order chi connectivity index (χ1) is 18.4. The zero-order valence-electron chi connectivity index (χ0n) is 22.4. The Morgan fingerprint density at radius 3 is 2.33 bits per heavy atom. The van der Waals surface area contributed by atoms with E-state index in [1.807, 2.05) is 30.3 Å². The van der Waals surface area contributed by atoms with Crippen molar-refractivity contribution in [3.05, 3.63) is 82.2 Å². The van der Waals surface area contributed by atoms with Crippen LogP contribution in [-0.4, -0.2) is 53.7 Å². The molecule has 3 rings (SSSR count). The number of likely N-dealkylation sites (N-methyl/N-ethyl adjacent to an activating group) is 1. The number of benzene rings is 2. The summed E-state index contributed by atoms with van der Waals surface area (Å²) in [7, 11) is 1.53. The van der Waals surface area contributed by atoms with Crippen molar-refractivity contribution in [3.8, 4) is 11.3 Å². The second kappa shape index (κ2) is 12.9. The molecular weight excluding hydrogens is 571 g/mol. The van der Waals surface area contributed by atoms with Gasteiger partial charge in [-0.05, 0) is 84.6 Å². The van der Waals surface area contributed by atoms with Crippen LogP contribution < -0.4 is 0 Å². The molecule has 1 amide bonds. The van der Waals surface area contributed by atoms with Crippen LogP contribution in [0.25, 0.3) is 11.3 Å². The number of nitrogens with one attached hydrogen (secondary N) is 1.